The minimum atomic E-state index is -3.49. The molecule has 0 aliphatic carbocycles. The summed E-state index contributed by atoms with van der Waals surface area (Å²) in [6.07, 6.45) is 0.452. The van der Waals surface area contributed by atoms with E-state index in [-0.39, 0.29) is 16.7 Å². The fraction of sp³-hybridized carbons (Fsp3) is 0.529. The molecule has 0 bridgehead atoms. The lowest BCUT2D eigenvalue weighted by Crippen LogP contribution is -2.34. The summed E-state index contributed by atoms with van der Waals surface area (Å²) in [5.74, 6) is -0.848. The van der Waals surface area contributed by atoms with Gasteiger partial charge < -0.3 is 10.2 Å². The summed E-state index contributed by atoms with van der Waals surface area (Å²) in [6.45, 7) is 7.99. The van der Waals surface area contributed by atoms with Crippen LogP contribution in [0.1, 0.15) is 44.5 Å². The van der Waals surface area contributed by atoms with E-state index in [1.165, 1.54) is 19.1 Å². The van der Waals surface area contributed by atoms with Crippen LogP contribution in [0.25, 0.3) is 0 Å². The number of hydrogen-bond donors (Lipinski definition) is 1. The Kier molecular flexibility index (Phi) is 7.89. The molecule has 6 nitrogen and oxygen atoms in total. The fourth-order valence-corrected chi connectivity index (χ4v) is 3.88. The maximum absolute atomic E-state index is 12.3. The van der Waals surface area contributed by atoms with E-state index in [0.717, 1.165) is 0 Å². The van der Waals surface area contributed by atoms with Crippen molar-refractivity contribution in [2.24, 2.45) is 0 Å². The second-order valence-corrected chi connectivity index (χ2v) is 8.52. The largest absolute Gasteiger partial charge is 0.339 e. The highest BCUT2D eigenvalue weighted by Crippen LogP contribution is 2.23. The molecule has 1 aromatic carbocycles. The van der Waals surface area contributed by atoms with Crippen molar-refractivity contribution in [2.45, 2.75) is 39.4 Å². The number of benzene rings is 1. The quantitative estimate of drug-likeness (QED) is 0.742. The molecule has 140 valence electrons. The third-order valence-corrected chi connectivity index (χ3v) is 6.50. The van der Waals surface area contributed by atoms with Crippen LogP contribution in [0.4, 0.5) is 5.69 Å². The highest BCUT2D eigenvalue weighted by molar-refractivity contribution is 7.92. The van der Waals surface area contributed by atoms with Crippen LogP contribution in [0.15, 0.2) is 18.2 Å². The van der Waals surface area contributed by atoms with Crippen molar-refractivity contribution in [2.75, 3.05) is 24.2 Å². The van der Waals surface area contributed by atoms with Crippen molar-refractivity contribution < 1.29 is 18.0 Å². The summed E-state index contributed by atoms with van der Waals surface area (Å²) < 4.78 is 24.0. The molecule has 1 aromatic rings. The van der Waals surface area contributed by atoms with Gasteiger partial charge in [-0.25, -0.2) is 8.42 Å². The predicted octanol–water partition coefficient (Wildman–Crippen LogP) is 2.97. The van der Waals surface area contributed by atoms with E-state index in [1.54, 1.807) is 17.9 Å². The smallest absolute Gasteiger partial charge is 0.255 e. The van der Waals surface area contributed by atoms with Crippen molar-refractivity contribution in [3.8, 4) is 0 Å². The van der Waals surface area contributed by atoms with Crippen molar-refractivity contribution >= 4 is 38.9 Å². The second-order valence-electron chi connectivity index (χ2n) is 5.67. The van der Waals surface area contributed by atoms with Crippen LogP contribution in [0.5, 0.6) is 0 Å². The summed E-state index contributed by atoms with van der Waals surface area (Å²) in [5.41, 5.74) is 0.694. The van der Waals surface area contributed by atoms with Crippen LogP contribution in [0, 0.1) is 0 Å². The first-order valence-electron chi connectivity index (χ1n) is 8.29. The number of nitrogens with zero attached hydrogens (tertiary/aromatic N) is 1. The van der Waals surface area contributed by atoms with Crippen LogP contribution < -0.4 is 5.32 Å². The third-order valence-electron chi connectivity index (χ3n) is 3.91. The number of nitrogens with one attached hydrogen (secondary N) is 1. The first-order chi connectivity index (χ1) is 11.7. The molecular weight excluding hydrogens is 364 g/mol. The molecule has 0 saturated heterocycles. The van der Waals surface area contributed by atoms with Crippen LogP contribution >= 0.6 is 11.6 Å². The second kappa shape index (κ2) is 9.20. The van der Waals surface area contributed by atoms with Gasteiger partial charge in [0.15, 0.2) is 9.84 Å². The average Bonchev–Trinajstić information content (AvgIpc) is 2.55. The number of sulfone groups is 1. The average molecular weight is 389 g/mol. The first-order valence-corrected chi connectivity index (χ1v) is 10.4. The van der Waals surface area contributed by atoms with Gasteiger partial charge in [-0.2, -0.15) is 0 Å². The zero-order valence-electron chi connectivity index (χ0n) is 15.0. The van der Waals surface area contributed by atoms with Gasteiger partial charge >= 0.3 is 0 Å². The SMILES string of the molecule is CCCS(=O)(=O)C(C)C(=O)Nc1ccc(C(=O)N(CC)CC)c(Cl)c1. The van der Waals surface area contributed by atoms with E-state index in [0.29, 0.717) is 30.8 Å². The first kappa shape index (κ1) is 21.4. The van der Waals surface area contributed by atoms with Gasteiger partial charge in [0.05, 0.1) is 16.3 Å². The molecule has 0 aliphatic heterocycles. The number of amides is 2. The van der Waals surface area contributed by atoms with E-state index >= 15 is 0 Å². The van der Waals surface area contributed by atoms with Crippen molar-refractivity contribution in [3.63, 3.8) is 0 Å². The zero-order valence-corrected chi connectivity index (χ0v) is 16.6. The Balaban J connectivity index is 2.94. The summed E-state index contributed by atoms with van der Waals surface area (Å²) in [4.78, 5) is 26.1. The maximum atomic E-state index is 12.3. The molecular formula is C17H25ClN2O4S. The molecule has 8 heteroatoms. The Labute approximate surface area is 154 Å². The van der Waals surface area contributed by atoms with Gasteiger partial charge in [-0.1, -0.05) is 18.5 Å². The molecule has 0 fully saturated rings. The summed E-state index contributed by atoms with van der Waals surface area (Å²) in [7, 11) is -3.49. The van der Waals surface area contributed by atoms with Crippen LogP contribution in [-0.2, 0) is 14.6 Å². The molecule has 0 spiro atoms. The van der Waals surface area contributed by atoms with Gasteiger partial charge in [-0.05, 0) is 45.4 Å². The molecule has 1 N–H and O–H groups in total. The molecule has 25 heavy (non-hydrogen) atoms. The zero-order chi connectivity index (χ0) is 19.2. The lowest BCUT2D eigenvalue weighted by molar-refractivity contribution is -0.115. The Hall–Kier alpha value is -1.60. The summed E-state index contributed by atoms with van der Waals surface area (Å²) >= 11 is 6.17. The standard InChI is InChI=1S/C17H25ClN2O4S/c1-5-10-25(23,24)12(4)16(21)19-13-8-9-14(15(18)11-13)17(22)20(6-2)7-3/h8-9,11-12H,5-7,10H2,1-4H3,(H,19,21). The molecule has 2 amide bonds. The van der Waals surface area contributed by atoms with Crippen molar-refractivity contribution in [1.29, 1.82) is 0 Å². The third kappa shape index (κ3) is 5.44. The lowest BCUT2D eigenvalue weighted by atomic mass is 10.1. The number of anilines is 1. The Bertz CT molecular complexity index is 730. The molecule has 1 rings (SSSR count). The van der Waals surface area contributed by atoms with Crippen LogP contribution in [0.3, 0.4) is 0 Å². The maximum Gasteiger partial charge on any atom is 0.255 e. The van der Waals surface area contributed by atoms with E-state index in [1.807, 2.05) is 13.8 Å². The summed E-state index contributed by atoms with van der Waals surface area (Å²) in [5, 5.41) is 1.60. The van der Waals surface area contributed by atoms with Crippen molar-refractivity contribution in [1.82, 2.24) is 4.90 Å². The minimum absolute atomic E-state index is 0.0420. The molecule has 0 heterocycles. The Morgan fingerprint density at radius 1 is 1.20 bits per heavy atom. The highest BCUT2D eigenvalue weighted by atomic mass is 35.5. The number of carbonyl (C=O) groups excluding carboxylic acids is 2. The van der Waals surface area contributed by atoms with Gasteiger partial charge in [-0.15, -0.1) is 0 Å². The Morgan fingerprint density at radius 3 is 2.28 bits per heavy atom. The highest BCUT2D eigenvalue weighted by Gasteiger charge is 2.27. The number of hydrogen-bond acceptors (Lipinski definition) is 4. The van der Waals surface area contributed by atoms with Gasteiger partial charge in [-0.3, -0.25) is 9.59 Å². The lowest BCUT2D eigenvalue weighted by Gasteiger charge is -2.19. The monoisotopic (exact) mass is 388 g/mol. The van der Waals surface area contributed by atoms with Gasteiger partial charge in [0.2, 0.25) is 5.91 Å². The van der Waals surface area contributed by atoms with Gasteiger partial charge in [0.25, 0.3) is 5.91 Å². The minimum Gasteiger partial charge on any atom is -0.339 e. The molecule has 1 atom stereocenters. The summed E-state index contributed by atoms with van der Waals surface area (Å²) in [6, 6.07) is 4.53. The van der Waals surface area contributed by atoms with Gasteiger partial charge in [0.1, 0.15) is 5.25 Å². The molecule has 0 aliphatic rings. The van der Waals surface area contributed by atoms with E-state index in [4.69, 9.17) is 11.6 Å². The normalized spacial score (nSPS) is 12.5. The van der Waals surface area contributed by atoms with E-state index in [9.17, 15) is 18.0 Å². The fourth-order valence-electron chi connectivity index (χ4n) is 2.32. The molecule has 0 radical (unpaired) electrons. The molecule has 0 aromatic heterocycles. The number of halogens is 1. The number of rotatable bonds is 8. The van der Waals surface area contributed by atoms with E-state index in [2.05, 4.69) is 5.32 Å². The van der Waals surface area contributed by atoms with Crippen LogP contribution in [0.2, 0.25) is 5.02 Å². The van der Waals surface area contributed by atoms with E-state index < -0.39 is 21.0 Å². The molecule has 1 unspecified atom stereocenters. The van der Waals surface area contributed by atoms with Crippen molar-refractivity contribution in [3.05, 3.63) is 28.8 Å². The Morgan fingerprint density at radius 2 is 1.80 bits per heavy atom. The van der Waals surface area contributed by atoms with Crippen LogP contribution in [-0.4, -0.2) is 49.2 Å². The van der Waals surface area contributed by atoms with Gasteiger partial charge in [0, 0.05) is 18.8 Å². The molecule has 0 saturated carbocycles. The number of carbonyl (C=O) groups is 2. The predicted molar refractivity (Wildman–Crippen MR) is 101 cm³/mol. The topological polar surface area (TPSA) is 83.5 Å².